The molecule has 0 saturated carbocycles. The minimum Gasteiger partial charge on any atom is -0.493 e. The third-order valence-corrected chi connectivity index (χ3v) is 5.57. The van der Waals surface area contributed by atoms with Crippen molar-refractivity contribution in [1.82, 2.24) is 4.90 Å². The van der Waals surface area contributed by atoms with E-state index < -0.39 is 11.0 Å². The topological polar surface area (TPSA) is 81.9 Å². The fourth-order valence-electron chi connectivity index (χ4n) is 4.06. The van der Waals surface area contributed by atoms with Crippen LogP contribution in [-0.4, -0.2) is 36.5 Å². The van der Waals surface area contributed by atoms with E-state index in [0.717, 1.165) is 16.7 Å². The predicted molar refractivity (Wildman–Crippen MR) is 116 cm³/mol. The van der Waals surface area contributed by atoms with Crippen molar-refractivity contribution in [3.05, 3.63) is 99.1 Å². The van der Waals surface area contributed by atoms with Gasteiger partial charge in [0.05, 0.1) is 25.2 Å². The minimum atomic E-state index is -0.490. The normalized spacial score (nSPS) is 15.2. The van der Waals surface area contributed by atoms with Crippen LogP contribution in [0.15, 0.2) is 66.7 Å². The van der Waals surface area contributed by atoms with Crippen molar-refractivity contribution in [2.45, 2.75) is 12.5 Å². The average Bonchev–Trinajstić information content (AvgIpc) is 2.82. The molecule has 0 aliphatic carbocycles. The highest BCUT2D eigenvalue weighted by Gasteiger charge is 2.34. The Kier molecular flexibility index (Phi) is 5.58. The van der Waals surface area contributed by atoms with Crippen molar-refractivity contribution < 1.29 is 19.2 Å². The number of nitro groups is 1. The first-order valence-electron chi connectivity index (χ1n) is 9.88. The largest absolute Gasteiger partial charge is 0.493 e. The molecule has 1 heterocycles. The molecule has 31 heavy (non-hydrogen) atoms. The standard InChI is InChI=1S/C24H22N2O5/c1-30-21-11-9-18(14-22(21)31-2)23-20-15-19(26(28)29)10-8-16(20)12-13-25(23)24(27)17-6-4-3-5-7-17/h3-11,14-15,23H,12-13H2,1-2H3. The Labute approximate surface area is 180 Å². The average molecular weight is 418 g/mol. The fourth-order valence-corrected chi connectivity index (χ4v) is 4.06. The first-order valence-corrected chi connectivity index (χ1v) is 9.88. The molecule has 1 unspecified atom stereocenters. The van der Waals surface area contributed by atoms with Gasteiger partial charge < -0.3 is 14.4 Å². The molecule has 0 bridgehead atoms. The molecule has 1 atom stereocenters. The van der Waals surface area contributed by atoms with Crippen molar-refractivity contribution in [2.75, 3.05) is 20.8 Å². The highest BCUT2D eigenvalue weighted by atomic mass is 16.6. The molecular weight excluding hydrogens is 396 g/mol. The second-order valence-electron chi connectivity index (χ2n) is 7.27. The Morgan fingerprint density at radius 2 is 1.74 bits per heavy atom. The van der Waals surface area contributed by atoms with E-state index >= 15 is 0 Å². The lowest BCUT2D eigenvalue weighted by Crippen LogP contribution is -2.40. The van der Waals surface area contributed by atoms with Crippen LogP contribution in [0.3, 0.4) is 0 Å². The maximum absolute atomic E-state index is 13.4. The molecule has 0 radical (unpaired) electrons. The summed E-state index contributed by atoms with van der Waals surface area (Å²) in [4.78, 5) is 26.2. The van der Waals surface area contributed by atoms with Gasteiger partial charge in [-0.3, -0.25) is 14.9 Å². The maximum Gasteiger partial charge on any atom is 0.269 e. The Hall–Kier alpha value is -3.87. The van der Waals surface area contributed by atoms with Gasteiger partial charge in [0.15, 0.2) is 11.5 Å². The number of fused-ring (bicyclic) bond motifs is 1. The molecule has 0 N–H and O–H groups in total. The smallest absolute Gasteiger partial charge is 0.269 e. The number of amides is 1. The Morgan fingerprint density at radius 1 is 1.00 bits per heavy atom. The van der Waals surface area contributed by atoms with Crippen LogP contribution in [-0.2, 0) is 6.42 Å². The van der Waals surface area contributed by atoms with Crippen LogP contribution in [0.25, 0.3) is 0 Å². The van der Waals surface area contributed by atoms with E-state index in [1.807, 2.05) is 30.3 Å². The summed E-state index contributed by atoms with van der Waals surface area (Å²) < 4.78 is 10.8. The zero-order valence-corrected chi connectivity index (χ0v) is 17.3. The molecule has 1 aliphatic heterocycles. The van der Waals surface area contributed by atoms with Gasteiger partial charge in [-0.05, 0) is 47.4 Å². The van der Waals surface area contributed by atoms with Crippen molar-refractivity contribution in [2.24, 2.45) is 0 Å². The van der Waals surface area contributed by atoms with E-state index in [4.69, 9.17) is 9.47 Å². The molecule has 1 aliphatic rings. The summed E-state index contributed by atoms with van der Waals surface area (Å²) in [6.07, 6.45) is 0.621. The van der Waals surface area contributed by atoms with Crippen LogP contribution >= 0.6 is 0 Å². The summed E-state index contributed by atoms with van der Waals surface area (Å²) >= 11 is 0. The lowest BCUT2D eigenvalue weighted by atomic mass is 9.87. The van der Waals surface area contributed by atoms with Crippen molar-refractivity contribution in [3.8, 4) is 11.5 Å². The summed E-state index contributed by atoms with van der Waals surface area (Å²) in [7, 11) is 3.11. The SMILES string of the molecule is COc1ccc(C2c3cc([N+](=O)[O-])ccc3CCN2C(=O)c2ccccc2)cc1OC. The number of carbonyl (C=O) groups excluding carboxylic acids is 1. The van der Waals surface area contributed by atoms with E-state index in [9.17, 15) is 14.9 Å². The van der Waals surface area contributed by atoms with Gasteiger partial charge in [0.2, 0.25) is 0 Å². The molecule has 0 fully saturated rings. The molecular formula is C24H22N2O5. The van der Waals surface area contributed by atoms with Crippen LogP contribution in [0.1, 0.15) is 33.1 Å². The summed E-state index contributed by atoms with van der Waals surface area (Å²) in [6.45, 7) is 0.498. The van der Waals surface area contributed by atoms with Gasteiger partial charge >= 0.3 is 0 Å². The molecule has 158 valence electrons. The number of hydrogen-bond acceptors (Lipinski definition) is 5. The lowest BCUT2D eigenvalue weighted by Gasteiger charge is -2.38. The Bertz CT molecular complexity index is 1130. The summed E-state index contributed by atoms with van der Waals surface area (Å²) in [5, 5.41) is 11.4. The Balaban J connectivity index is 1.87. The summed E-state index contributed by atoms with van der Waals surface area (Å²) in [5.41, 5.74) is 3.10. The molecule has 4 rings (SSSR count). The van der Waals surface area contributed by atoms with Crippen molar-refractivity contribution >= 4 is 11.6 Å². The van der Waals surface area contributed by atoms with Crippen LogP contribution in [0.4, 0.5) is 5.69 Å². The van der Waals surface area contributed by atoms with Gasteiger partial charge in [-0.1, -0.05) is 30.3 Å². The van der Waals surface area contributed by atoms with Gasteiger partial charge in [0.1, 0.15) is 0 Å². The van der Waals surface area contributed by atoms with Crippen LogP contribution in [0, 0.1) is 10.1 Å². The highest BCUT2D eigenvalue weighted by molar-refractivity contribution is 5.95. The van der Waals surface area contributed by atoms with Crippen molar-refractivity contribution in [1.29, 1.82) is 0 Å². The molecule has 1 amide bonds. The summed E-state index contributed by atoms with van der Waals surface area (Å²) in [6, 6.07) is 18.9. The van der Waals surface area contributed by atoms with Gasteiger partial charge in [0.25, 0.3) is 11.6 Å². The van der Waals surface area contributed by atoms with Gasteiger partial charge in [-0.15, -0.1) is 0 Å². The number of non-ortho nitro benzene ring substituents is 1. The molecule has 0 saturated heterocycles. The molecule has 0 aromatic heterocycles. The van der Waals surface area contributed by atoms with Crippen LogP contribution < -0.4 is 9.47 Å². The number of nitrogens with zero attached hydrogens (tertiary/aromatic N) is 2. The molecule has 3 aromatic rings. The lowest BCUT2D eigenvalue weighted by molar-refractivity contribution is -0.385. The third kappa shape index (κ3) is 3.82. The van der Waals surface area contributed by atoms with E-state index in [1.54, 1.807) is 49.5 Å². The number of methoxy groups -OCH3 is 2. The zero-order valence-electron chi connectivity index (χ0n) is 17.3. The number of ether oxygens (including phenoxy) is 2. The molecule has 3 aromatic carbocycles. The predicted octanol–water partition coefficient (Wildman–Crippen LogP) is 4.40. The number of rotatable bonds is 5. The maximum atomic E-state index is 13.4. The number of hydrogen-bond donors (Lipinski definition) is 0. The van der Waals surface area contributed by atoms with E-state index in [-0.39, 0.29) is 11.6 Å². The molecule has 0 spiro atoms. The Morgan fingerprint density at radius 3 is 2.42 bits per heavy atom. The first kappa shape index (κ1) is 20.4. The fraction of sp³-hybridized carbons (Fsp3) is 0.208. The van der Waals surface area contributed by atoms with E-state index in [0.29, 0.717) is 30.0 Å². The van der Waals surface area contributed by atoms with Crippen LogP contribution in [0.2, 0.25) is 0 Å². The quantitative estimate of drug-likeness (QED) is 0.453. The van der Waals surface area contributed by atoms with Gasteiger partial charge in [0, 0.05) is 24.2 Å². The highest BCUT2D eigenvalue weighted by Crippen LogP contribution is 2.40. The molecule has 7 nitrogen and oxygen atoms in total. The first-order chi connectivity index (χ1) is 15.0. The van der Waals surface area contributed by atoms with E-state index in [1.165, 1.54) is 6.07 Å². The number of carbonyl (C=O) groups is 1. The van der Waals surface area contributed by atoms with Gasteiger partial charge in [-0.25, -0.2) is 0 Å². The van der Waals surface area contributed by atoms with Crippen molar-refractivity contribution in [3.63, 3.8) is 0 Å². The minimum absolute atomic E-state index is 0.00163. The second kappa shape index (κ2) is 8.47. The van der Waals surface area contributed by atoms with E-state index in [2.05, 4.69) is 0 Å². The summed E-state index contributed by atoms with van der Waals surface area (Å²) in [5.74, 6) is 0.976. The zero-order chi connectivity index (χ0) is 22.0. The molecule has 7 heteroatoms. The van der Waals surface area contributed by atoms with Gasteiger partial charge in [-0.2, -0.15) is 0 Å². The van der Waals surface area contributed by atoms with Crippen LogP contribution in [0.5, 0.6) is 11.5 Å². The second-order valence-corrected chi connectivity index (χ2v) is 7.27. The monoisotopic (exact) mass is 418 g/mol. The third-order valence-electron chi connectivity index (χ3n) is 5.57. The number of benzene rings is 3. The number of nitro benzene ring substituents is 1.